The van der Waals surface area contributed by atoms with E-state index in [0.717, 1.165) is 35.2 Å². The molecule has 0 radical (unpaired) electrons. The molecule has 1 atom stereocenters. The molecule has 22 heavy (non-hydrogen) atoms. The third-order valence-corrected chi connectivity index (χ3v) is 4.48. The highest BCUT2D eigenvalue weighted by Gasteiger charge is 2.33. The highest BCUT2D eigenvalue weighted by molar-refractivity contribution is 9.10. The van der Waals surface area contributed by atoms with E-state index in [2.05, 4.69) is 31.5 Å². The first-order chi connectivity index (χ1) is 10.7. The first-order valence-corrected chi connectivity index (χ1v) is 8.15. The molecule has 1 aliphatic rings. The summed E-state index contributed by atoms with van der Waals surface area (Å²) in [6.45, 7) is 3.29. The van der Waals surface area contributed by atoms with E-state index in [9.17, 15) is 0 Å². The predicted molar refractivity (Wildman–Crippen MR) is 88.6 cm³/mol. The highest BCUT2D eigenvalue weighted by atomic mass is 79.9. The van der Waals surface area contributed by atoms with Crippen molar-refractivity contribution in [1.82, 2.24) is 15.6 Å². The van der Waals surface area contributed by atoms with Crippen LogP contribution >= 0.6 is 15.9 Å². The second-order valence-corrected chi connectivity index (χ2v) is 6.56. The van der Waals surface area contributed by atoms with Gasteiger partial charge in [-0.2, -0.15) is 0 Å². The minimum atomic E-state index is -0.00846. The quantitative estimate of drug-likeness (QED) is 0.823. The Bertz CT molecular complexity index is 606. The Morgan fingerprint density at radius 3 is 2.91 bits per heavy atom. The van der Waals surface area contributed by atoms with Crippen LogP contribution in [0.25, 0.3) is 11.5 Å². The van der Waals surface area contributed by atoms with Gasteiger partial charge in [0, 0.05) is 30.2 Å². The van der Waals surface area contributed by atoms with E-state index in [1.54, 1.807) is 13.4 Å². The standard InChI is InChI=1S/C16H20BrN3O2/c1-21-11-16(6-7-18-10-16)19-8-14-9-22-15(20-14)12-2-4-13(17)5-3-12/h2-5,9,18-19H,6-8,10-11H2,1H3. The number of rotatable bonds is 6. The summed E-state index contributed by atoms with van der Waals surface area (Å²) >= 11 is 3.43. The maximum Gasteiger partial charge on any atom is 0.226 e. The zero-order chi connectivity index (χ0) is 15.4. The number of aromatic nitrogens is 1. The molecule has 1 fully saturated rings. The van der Waals surface area contributed by atoms with Crippen molar-refractivity contribution in [3.05, 3.63) is 40.7 Å². The van der Waals surface area contributed by atoms with Crippen LogP contribution in [0.15, 0.2) is 39.4 Å². The molecule has 0 spiro atoms. The van der Waals surface area contributed by atoms with Gasteiger partial charge in [0.15, 0.2) is 0 Å². The van der Waals surface area contributed by atoms with Gasteiger partial charge in [0.05, 0.1) is 17.8 Å². The average molecular weight is 366 g/mol. The Morgan fingerprint density at radius 1 is 1.41 bits per heavy atom. The van der Waals surface area contributed by atoms with E-state index in [-0.39, 0.29) is 5.54 Å². The fraction of sp³-hybridized carbons (Fsp3) is 0.438. The number of hydrogen-bond acceptors (Lipinski definition) is 5. The van der Waals surface area contributed by atoms with Crippen LogP contribution in [0.2, 0.25) is 0 Å². The molecule has 1 aliphatic heterocycles. The third kappa shape index (κ3) is 3.57. The lowest BCUT2D eigenvalue weighted by Crippen LogP contribution is -2.50. The van der Waals surface area contributed by atoms with E-state index in [1.807, 2.05) is 24.3 Å². The van der Waals surface area contributed by atoms with Gasteiger partial charge >= 0.3 is 0 Å². The van der Waals surface area contributed by atoms with Crippen LogP contribution in [0.5, 0.6) is 0 Å². The summed E-state index contributed by atoms with van der Waals surface area (Å²) in [6, 6.07) is 7.94. The number of benzene rings is 1. The van der Waals surface area contributed by atoms with Crippen LogP contribution in [-0.4, -0.2) is 37.3 Å². The molecule has 1 aromatic carbocycles. The van der Waals surface area contributed by atoms with Gasteiger partial charge in [-0.05, 0) is 37.2 Å². The molecule has 2 N–H and O–H groups in total. The first kappa shape index (κ1) is 15.7. The van der Waals surface area contributed by atoms with Crippen molar-refractivity contribution in [2.45, 2.75) is 18.5 Å². The Hall–Kier alpha value is -1.21. The van der Waals surface area contributed by atoms with E-state index >= 15 is 0 Å². The first-order valence-electron chi connectivity index (χ1n) is 7.36. The number of ether oxygens (including phenoxy) is 1. The van der Waals surface area contributed by atoms with E-state index in [0.29, 0.717) is 19.0 Å². The van der Waals surface area contributed by atoms with Gasteiger partial charge in [-0.3, -0.25) is 0 Å². The summed E-state index contributed by atoms with van der Waals surface area (Å²) < 4.78 is 12.0. The largest absolute Gasteiger partial charge is 0.444 e. The third-order valence-electron chi connectivity index (χ3n) is 3.95. The molecule has 6 heteroatoms. The Balaban J connectivity index is 1.65. The molecule has 0 bridgehead atoms. The SMILES string of the molecule is COCC1(NCc2coc(-c3ccc(Br)cc3)n2)CCNC1. The molecule has 1 unspecified atom stereocenters. The van der Waals surface area contributed by atoms with Crippen LogP contribution in [-0.2, 0) is 11.3 Å². The van der Waals surface area contributed by atoms with Gasteiger partial charge in [0.1, 0.15) is 6.26 Å². The lowest BCUT2D eigenvalue weighted by atomic mass is 10.00. The minimum absolute atomic E-state index is 0.00846. The second kappa shape index (κ2) is 6.91. The molecule has 0 saturated carbocycles. The molecular formula is C16H20BrN3O2. The molecule has 3 rings (SSSR count). The van der Waals surface area contributed by atoms with Crippen molar-refractivity contribution in [1.29, 1.82) is 0 Å². The lowest BCUT2D eigenvalue weighted by Gasteiger charge is -2.28. The number of methoxy groups -OCH3 is 1. The summed E-state index contributed by atoms with van der Waals surface area (Å²) in [5.41, 5.74) is 1.87. The number of oxazole rings is 1. The zero-order valence-corrected chi connectivity index (χ0v) is 14.1. The number of nitrogens with one attached hydrogen (secondary N) is 2. The van der Waals surface area contributed by atoms with E-state index < -0.39 is 0 Å². The van der Waals surface area contributed by atoms with Gasteiger partial charge < -0.3 is 19.8 Å². The normalized spacial score (nSPS) is 21.4. The minimum Gasteiger partial charge on any atom is -0.444 e. The Morgan fingerprint density at radius 2 is 2.23 bits per heavy atom. The Labute approximate surface area is 138 Å². The molecule has 0 aliphatic carbocycles. The van der Waals surface area contributed by atoms with Gasteiger partial charge in [-0.25, -0.2) is 4.98 Å². The summed E-state index contributed by atoms with van der Waals surface area (Å²) in [7, 11) is 1.74. The van der Waals surface area contributed by atoms with Gasteiger partial charge in [0.2, 0.25) is 5.89 Å². The molecular weight excluding hydrogens is 346 g/mol. The van der Waals surface area contributed by atoms with Crippen LogP contribution in [0.3, 0.4) is 0 Å². The predicted octanol–water partition coefficient (Wildman–Crippen LogP) is 2.57. The second-order valence-electron chi connectivity index (χ2n) is 5.64. The summed E-state index contributed by atoms with van der Waals surface area (Å²) in [6.07, 6.45) is 2.77. The zero-order valence-electron chi connectivity index (χ0n) is 12.6. The van der Waals surface area contributed by atoms with Crippen molar-refractivity contribution < 1.29 is 9.15 Å². The van der Waals surface area contributed by atoms with Crippen molar-refractivity contribution in [2.24, 2.45) is 0 Å². The molecule has 1 saturated heterocycles. The number of hydrogen-bond donors (Lipinski definition) is 2. The monoisotopic (exact) mass is 365 g/mol. The molecule has 2 heterocycles. The van der Waals surface area contributed by atoms with Crippen LogP contribution in [0.1, 0.15) is 12.1 Å². The lowest BCUT2D eigenvalue weighted by molar-refractivity contribution is 0.118. The van der Waals surface area contributed by atoms with Gasteiger partial charge in [-0.1, -0.05) is 15.9 Å². The van der Waals surface area contributed by atoms with Crippen molar-refractivity contribution in [2.75, 3.05) is 26.8 Å². The summed E-state index contributed by atoms with van der Waals surface area (Å²) in [5, 5.41) is 6.95. The smallest absolute Gasteiger partial charge is 0.226 e. The highest BCUT2D eigenvalue weighted by Crippen LogP contribution is 2.22. The van der Waals surface area contributed by atoms with Crippen LogP contribution in [0.4, 0.5) is 0 Å². The fourth-order valence-electron chi connectivity index (χ4n) is 2.74. The molecule has 1 aromatic heterocycles. The molecule has 2 aromatic rings. The van der Waals surface area contributed by atoms with E-state index in [1.165, 1.54) is 0 Å². The summed E-state index contributed by atoms with van der Waals surface area (Å²) in [5.74, 6) is 0.648. The molecule has 118 valence electrons. The molecule has 0 amide bonds. The summed E-state index contributed by atoms with van der Waals surface area (Å²) in [4.78, 5) is 4.56. The maximum atomic E-state index is 5.59. The average Bonchev–Trinajstić information content (AvgIpc) is 3.16. The van der Waals surface area contributed by atoms with Gasteiger partial charge in [-0.15, -0.1) is 0 Å². The van der Waals surface area contributed by atoms with Gasteiger partial charge in [0.25, 0.3) is 0 Å². The maximum absolute atomic E-state index is 5.59. The van der Waals surface area contributed by atoms with Crippen molar-refractivity contribution >= 4 is 15.9 Å². The number of halogens is 1. The topological polar surface area (TPSA) is 59.3 Å². The number of nitrogens with zero attached hydrogens (tertiary/aromatic N) is 1. The van der Waals surface area contributed by atoms with Crippen LogP contribution in [0, 0.1) is 0 Å². The Kier molecular flexibility index (Phi) is 4.93. The van der Waals surface area contributed by atoms with E-state index in [4.69, 9.17) is 9.15 Å². The van der Waals surface area contributed by atoms with Crippen LogP contribution < -0.4 is 10.6 Å². The molecule has 5 nitrogen and oxygen atoms in total. The van der Waals surface area contributed by atoms with Crippen molar-refractivity contribution in [3.8, 4) is 11.5 Å². The fourth-order valence-corrected chi connectivity index (χ4v) is 3.00. The van der Waals surface area contributed by atoms with Crippen molar-refractivity contribution in [3.63, 3.8) is 0 Å².